The number of aryl methyl sites for hydroxylation is 1. The maximum Gasteiger partial charge on any atom is 0.189 e. The van der Waals surface area contributed by atoms with Crippen LogP contribution in [0.4, 0.5) is 0 Å². The van der Waals surface area contributed by atoms with E-state index in [1.54, 1.807) is 0 Å². The van der Waals surface area contributed by atoms with Crippen LogP contribution in [0.3, 0.4) is 0 Å². The number of hydrogen-bond donors (Lipinski definition) is 0. The first-order chi connectivity index (χ1) is 9.54. The Morgan fingerprint density at radius 2 is 1.90 bits per heavy atom. The van der Waals surface area contributed by atoms with E-state index in [2.05, 4.69) is 22.0 Å². The molecule has 0 aromatic heterocycles. The van der Waals surface area contributed by atoms with Crippen molar-refractivity contribution in [2.75, 3.05) is 0 Å². The Balaban J connectivity index is 1.95. The van der Waals surface area contributed by atoms with E-state index >= 15 is 0 Å². The molecule has 20 heavy (non-hydrogen) atoms. The van der Waals surface area contributed by atoms with Gasteiger partial charge in [0, 0.05) is 4.47 Å². The minimum Gasteiger partial charge on any atom is -0.283 e. The summed E-state index contributed by atoms with van der Waals surface area (Å²) in [4.78, 5) is 0.705. The fourth-order valence-corrected chi connectivity index (χ4v) is 3.17. The van der Waals surface area contributed by atoms with Gasteiger partial charge in [-0.05, 0) is 50.1 Å². The van der Waals surface area contributed by atoms with Gasteiger partial charge in [-0.2, -0.15) is 0 Å². The molecule has 2 aromatic rings. The molecule has 0 aliphatic heterocycles. The van der Waals surface area contributed by atoms with Crippen LogP contribution in [0.5, 0.6) is 0 Å². The molecule has 2 aromatic carbocycles. The second-order valence-corrected chi connectivity index (χ2v) is 6.84. The zero-order valence-corrected chi connectivity index (χ0v) is 13.9. The molecule has 0 spiro atoms. The van der Waals surface area contributed by atoms with Crippen LogP contribution in [0.15, 0.2) is 57.9 Å². The Hall–Kier alpha value is -0.970. The van der Waals surface area contributed by atoms with Gasteiger partial charge in [-0.25, -0.2) is 4.21 Å². The second kappa shape index (κ2) is 7.16. The minimum atomic E-state index is -1.41. The molecule has 0 saturated carbocycles. The van der Waals surface area contributed by atoms with E-state index in [0.29, 0.717) is 4.90 Å². The van der Waals surface area contributed by atoms with Crippen molar-refractivity contribution < 1.29 is 8.39 Å². The highest BCUT2D eigenvalue weighted by Crippen LogP contribution is 2.16. The number of hydrogen-bond acceptors (Lipinski definition) is 2. The summed E-state index contributed by atoms with van der Waals surface area (Å²) in [7, 11) is 0. The number of benzene rings is 2. The first-order valence-corrected chi connectivity index (χ1v) is 8.31. The van der Waals surface area contributed by atoms with E-state index in [9.17, 15) is 4.21 Å². The standard InChI is InChI=1S/C16H17BrO2S/c1-12-6-8-16(9-7-12)20(18)19-13(2)10-14-4-3-5-15(17)11-14/h3-9,11,13H,10H2,1-2H3. The third-order valence-electron chi connectivity index (χ3n) is 2.88. The van der Waals surface area contributed by atoms with Gasteiger partial charge in [0.25, 0.3) is 0 Å². The van der Waals surface area contributed by atoms with Crippen molar-refractivity contribution in [3.8, 4) is 0 Å². The zero-order valence-electron chi connectivity index (χ0n) is 11.5. The summed E-state index contributed by atoms with van der Waals surface area (Å²) < 4.78 is 18.7. The summed E-state index contributed by atoms with van der Waals surface area (Å²) in [6.07, 6.45) is 0.628. The largest absolute Gasteiger partial charge is 0.283 e. The summed E-state index contributed by atoms with van der Waals surface area (Å²) in [6.45, 7) is 3.94. The van der Waals surface area contributed by atoms with Crippen molar-refractivity contribution in [1.29, 1.82) is 0 Å². The molecule has 0 amide bonds. The van der Waals surface area contributed by atoms with Crippen LogP contribution < -0.4 is 0 Å². The molecular weight excluding hydrogens is 336 g/mol. The maximum absolute atomic E-state index is 12.1. The molecule has 0 N–H and O–H groups in total. The Bertz CT molecular complexity index is 596. The van der Waals surface area contributed by atoms with Crippen molar-refractivity contribution in [2.45, 2.75) is 31.3 Å². The monoisotopic (exact) mass is 352 g/mol. The van der Waals surface area contributed by atoms with Gasteiger partial charge in [-0.1, -0.05) is 45.8 Å². The molecule has 2 rings (SSSR count). The molecule has 0 heterocycles. The van der Waals surface area contributed by atoms with E-state index in [0.717, 1.165) is 22.0 Å². The maximum atomic E-state index is 12.1. The molecule has 0 saturated heterocycles. The molecule has 0 radical (unpaired) electrons. The van der Waals surface area contributed by atoms with Crippen LogP contribution in [0.25, 0.3) is 0 Å². The lowest BCUT2D eigenvalue weighted by Crippen LogP contribution is -2.13. The first kappa shape index (κ1) is 15.4. The Kier molecular flexibility index (Phi) is 5.52. The topological polar surface area (TPSA) is 26.3 Å². The second-order valence-electron chi connectivity index (χ2n) is 4.79. The van der Waals surface area contributed by atoms with Gasteiger partial charge in [0.05, 0.1) is 11.0 Å². The summed E-state index contributed by atoms with van der Waals surface area (Å²) in [5.74, 6) is 0. The van der Waals surface area contributed by atoms with E-state index in [4.69, 9.17) is 4.18 Å². The highest BCUT2D eigenvalue weighted by atomic mass is 79.9. The van der Waals surface area contributed by atoms with Crippen molar-refractivity contribution in [1.82, 2.24) is 0 Å². The predicted molar refractivity (Wildman–Crippen MR) is 86.0 cm³/mol. The first-order valence-electron chi connectivity index (χ1n) is 6.44. The molecule has 2 atom stereocenters. The van der Waals surface area contributed by atoms with E-state index < -0.39 is 11.1 Å². The summed E-state index contributed by atoms with van der Waals surface area (Å²) in [6, 6.07) is 15.6. The van der Waals surface area contributed by atoms with Crippen LogP contribution in [0.2, 0.25) is 0 Å². The van der Waals surface area contributed by atoms with Gasteiger partial charge >= 0.3 is 0 Å². The molecule has 2 unspecified atom stereocenters. The average Bonchev–Trinajstić information content (AvgIpc) is 2.39. The third-order valence-corrected chi connectivity index (χ3v) is 4.53. The fourth-order valence-electron chi connectivity index (χ4n) is 1.88. The van der Waals surface area contributed by atoms with Gasteiger partial charge in [-0.3, -0.25) is 4.18 Å². The van der Waals surface area contributed by atoms with Crippen molar-refractivity contribution in [3.63, 3.8) is 0 Å². The van der Waals surface area contributed by atoms with Crippen LogP contribution >= 0.6 is 15.9 Å². The lowest BCUT2D eigenvalue weighted by molar-refractivity contribution is 0.248. The highest BCUT2D eigenvalue weighted by Gasteiger charge is 2.11. The Morgan fingerprint density at radius 1 is 1.20 bits per heavy atom. The lowest BCUT2D eigenvalue weighted by atomic mass is 10.1. The van der Waals surface area contributed by atoms with Crippen LogP contribution in [-0.2, 0) is 21.7 Å². The highest BCUT2D eigenvalue weighted by molar-refractivity contribution is 9.10. The molecule has 0 aliphatic rings. The third kappa shape index (κ3) is 4.54. The smallest absolute Gasteiger partial charge is 0.189 e. The normalized spacial score (nSPS) is 13.9. The quantitative estimate of drug-likeness (QED) is 0.795. The van der Waals surface area contributed by atoms with Crippen LogP contribution in [0, 0.1) is 6.92 Å². The van der Waals surface area contributed by atoms with E-state index in [-0.39, 0.29) is 6.10 Å². The fraction of sp³-hybridized carbons (Fsp3) is 0.250. The van der Waals surface area contributed by atoms with Gasteiger partial charge < -0.3 is 0 Å². The van der Waals surface area contributed by atoms with Crippen molar-refractivity contribution in [3.05, 3.63) is 64.1 Å². The molecule has 0 fully saturated rings. The molecule has 2 nitrogen and oxygen atoms in total. The minimum absolute atomic E-state index is 0.105. The van der Waals surface area contributed by atoms with Gasteiger partial charge in [0.1, 0.15) is 0 Å². The predicted octanol–water partition coefficient (Wildman–Crippen LogP) is 4.43. The molecule has 4 heteroatoms. The van der Waals surface area contributed by atoms with Crippen molar-refractivity contribution in [2.24, 2.45) is 0 Å². The van der Waals surface area contributed by atoms with Gasteiger partial charge in [-0.15, -0.1) is 0 Å². The summed E-state index contributed by atoms with van der Waals surface area (Å²) in [5, 5.41) is 0. The Labute approximate surface area is 131 Å². The molecule has 0 bridgehead atoms. The lowest BCUT2D eigenvalue weighted by Gasteiger charge is -2.12. The average molecular weight is 353 g/mol. The number of rotatable bonds is 5. The van der Waals surface area contributed by atoms with E-state index in [1.807, 2.05) is 56.3 Å². The Morgan fingerprint density at radius 3 is 2.55 bits per heavy atom. The summed E-state index contributed by atoms with van der Waals surface area (Å²) >= 11 is 2.03. The molecular formula is C16H17BrO2S. The van der Waals surface area contributed by atoms with Crippen LogP contribution in [-0.4, -0.2) is 10.3 Å². The molecule has 0 aliphatic carbocycles. The van der Waals surface area contributed by atoms with Gasteiger partial charge in [0.2, 0.25) is 0 Å². The SMILES string of the molecule is Cc1ccc(S(=O)OC(C)Cc2cccc(Br)c2)cc1. The van der Waals surface area contributed by atoms with Crippen molar-refractivity contribution >= 4 is 27.0 Å². The van der Waals surface area contributed by atoms with Crippen LogP contribution in [0.1, 0.15) is 18.1 Å². The van der Waals surface area contributed by atoms with Gasteiger partial charge in [0.15, 0.2) is 11.1 Å². The summed E-state index contributed by atoms with van der Waals surface area (Å²) in [5.41, 5.74) is 2.31. The molecule has 106 valence electrons. The zero-order chi connectivity index (χ0) is 14.5. The number of halogens is 1. The van der Waals surface area contributed by atoms with E-state index in [1.165, 1.54) is 0 Å².